The lowest BCUT2D eigenvalue weighted by Crippen LogP contribution is -2.57. The second-order valence-electron chi connectivity index (χ2n) is 15.9. The summed E-state index contributed by atoms with van der Waals surface area (Å²) in [5.41, 5.74) is 10.1. The van der Waals surface area contributed by atoms with Crippen molar-refractivity contribution < 1.29 is 9.47 Å². The first kappa shape index (κ1) is 31.3. The fourth-order valence-electron chi connectivity index (χ4n) is 10.6. The van der Waals surface area contributed by atoms with Gasteiger partial charge in [-0.1, -0.05) is 140 Å². The molecule has 0 aliphatic carbocycles. The molecule has 0 N–H and O–H groups in total. The Labute approximate surface area is 338 Å². The van der Waals surface area contributed by atoms with Crippen LogP contribution in [-0.4, -0.2) is 15.7 Å². The summed E-state index contributed by atoms with van der Waals surface area (Å²) in [5.74, 6) is 3.41. The van der Waals surface area contributed by atoms with Crippen molar-refractivity contribution in [2.45, 2.75) is 0 Å². The molecule has 0 fully saturated rings. The second kappa shape index (κ2) is 11.4. The first-order chi connectivity index (χ1) is 29.3. The number of para-hydroxylation sites is 5. The highest BCUT2D eigenvalue weighted by Gasteiger charge is 2.41. The van der Waals surface area contributed by atoms with E-state index >= 15 is 0 Å². The largest absolute Gasteiger partial charge is 0.458 e. The van der Waals surface area contributed by atoms with Crippen molar-refractivity contribution >= 4 is 105 Å². The zero-order valence-corrected chi connectivity index (χ0v) is 31.7. The summed E-state index contributed by atoms with van der Waals surface area (Å²) in [6.45, 7) is -0.0604. The summed E-state index contributed by atoms with van der Waals surface area (Å²) in [4.78, 5) is 0. The van der Waals surface area contributed by atoms with Gasteiger partial charge in [-0.25, -0.2) is 0 Å². The lowest BCUT2D eigenvalue weighted by Gasteiger charge is -2.33. The topological polar surface area (TPSA) is 27.8 Å². The van der Waals surface area contributed by atoms with Gasteiger partial charge >= 0.3 is 0 Å². The Morgan fingerprint density at radius 1 is 0.339 bits per heavy atom. The molecule has 0 unspecified atom stereocenters. The fourth-order valence-corrected chi connectivity index (χ4v) is 10.6. The summed E-state index contributed by atoms with van der Waals surface area (Å²) in [7, 11) is 0. The van der Waals surface area contributed by atoms with Crippen molar-refractivity contribution in [1.29, 1.82) is 0 Å². The Hall–Kier alpha value is -7.76. The average molecular weight is 751 g/mol. The number of ether oxygens (including phenoxy) is 2. The van der Waals surface area contributed by atoms with Crippen LogP contribution in [0.1, 0.15) is 0 Å². The quantitative estimate of drug-likeness (QED) is 0.156. The van der Waals surface area contributed by atoms with E-state index < -0.39 is 0 Å². The maximum Gasteiger partial charge on any atom is 0.260 e. The van der Waals surface area contributed by atoms with E-state index in [-0.39, 0.29) is 6.71 Å². The molecule has 12 aromatic rings. The van der Waals surface area contributed by atoms with E-state index in [0.717, 1.165) is 83.2 Å². The highest BCUT2D eigenvalue weighted by atomic mass is 16.5. The van der Waals surface area contributed by atoms with Crippen molar-refractivity contribution in [3.63, 3.8) is 0 Å². The number of rotatable bonds is 1. The Kier molecular flexibility index (Phi) is 6.07. The monoisotopic (exact) mass is 750 g/mol. The minimum atomic E-state index is -0.0604. The summed E-state index contributed by atoms with van der Waals surface area (Å²) >= 11 is 0. The third-order valence-electron chi connectivity index (χ3n) is 13.0. The zero-order chi connectivity index (χ0) is 38.3. The highest BCUT2D eigenvalue weighted by molar-refractivity contribution is 6.98. The Morgan fingerprint density at radius 2 is 0.763 bits per heavy atom. The molecule has 272 valence electrons. The predicted molar refractivity (Wildman–Crippen MR) is 246 cm³/mol. The average Bonchev–Trinajstić information content (AvgIpc) is 3.82. The molecular formula is C54H31BN2O2. The Bertz CT molecular complexity index is 3810. The zero-order valence-electron chi connectivity index (χ0n) is 31.7. The van der Waals surface area contributed by atoms with Crippen LogP contribution in [0.2, 0.25) is 0 Å². The molecule has 0 atom stereocenters. The van der Waals surface area contributed by atoms with E-state index in [1.807, 2.05) is 0 Å². The minimum Gasteiger partial charge on any atom is -0.458 e. The van der Waals surface area contributed by atoms with Gasteiger partial charge in [-0.2, -0.15) is 0 Å². The molecule has 2 aliphatic heterocycles. The molecule has 2 aliphatic rings. The van der Waals surface area contributed by atoms with Crippen LogP contribution in [0.4, 0.5) is 0 Å². The van der Waals surface area contributed by atoms with Crippen molar-refractivity contribution in [3.05, 3.63) is 188 Å². The normalized spacial score (nSPS) is 13.0. The molecule has 3 aromatic heterocycles. The van der Waals surface area contributed by atoms with Crippen LogP contribution >= 0.6 is 0 Å². The van der Waals surface area contributed by atoms with Crippen LogP contribution < -0.4 is 25.9 Å². The molecular weight excluding hydrogens is 719 g/mol. The van der Waals surface area contributed by atoms with Gasteiger partial charge in [0.1, 0.15) is 17.2 Å². The fraction of sp³-hybridized carbons (Fsp3) is 0. The van der Waals surface area contributed by atoms with E-state index in [9.17, 15) is 0 Å². The van der Waals surface area contributed by atoms with Gasteiger partial charge < -0.3 is 18.4 Å². The first-order valence-electron chi connectivity index (χ1n) is 20.3. The van der Waals surface area contributed by atoms with E-state index in [1.165, 1.54) is 43.4 Å². The van der Waals surface area contributed by atoms with Crippen LogP contribution in [-0.2, 0) is 0 Å². The minimum absolute atomic E-state index is 0.0604. The SMILES string of the molecule is c1ccc2c(c1)Oc1cc3c4ccccc4c4ccccc4c4cc(-n5c6ccccc6c6ccccc65)cc5c6ccccc6n(c3c3c1B2c1ccccc1O3)c45. The number of hydrogen-bond acceptors (Lipinski definition) is 2. The summed E-state index contributed by atoms with van der Waals surface area (Å²) in [5, 5.41) is 11.7. The van der Waals surface area contributed by atoms with Gasteiger partial charge in [0.05, 0.1) is 27.6 Å². The van der Waals surface area contributed by atoms with E-state index in [2.05, 4.69) is 197 Å². The van der Waals surface area contributed by atoms with E-state index in [1.54, 1.807) is 0 Å². The molecule has 0 amide bonds. The highest BCUT2D eigenvalue weighted by Crippen LogP contribution is 2.46. The van der Waals surface area contributed by atoms with E-state index in [0.29, 0.717) is 0 Å². The Morgan fingerprint density at radius 3 is 1.36 bits per heavy atom. The second-order valence-corrected chi connectivity index (χ2v) is 15.9. The number of nitrogens with zero attached hydrogens (tertiary/aromatic N) is 2. The van der Waals surface area contributed by atoms with Gasteiger partial charge in [-0.3, -0.25) is 0 Å². The van der Waals surface area contributed by atoms with Crippen LogP contribution in [0, 0.1) is 0 Å². The van der Waals surface area contributed by atoms with Crippen LogP contribution in [0.5, 0.6) is 23.0 Å². The molecule has 9 aromatic carbocycles. The summed E-state index contributed by atoms with van der Waals surface area (Å²) in [6, 6.07) is 68.3. The maximum atomic E-state index is 7.31. The van der Waals surface area contributed by atoms with Crippen molar-refractivity contribution in [1.82, 2.24) is 8.97 Å². The van der Waals surface area contributed by atoms with E-state index in [4.69, 9.17) is 9.47 Å². The molecule has 4 nitrogen and oxygen atoms in total. The molecule has 5 heterocycles. The lowest BCUT2D eigenvalue weighted by atomic mass is 9.35. The molecule has 0 bridgehead atoms. The number of benzene rings is 9. The molecule has 14 rings (SSSR count). The number of aromatic nitrogens is 2. The molecule has 0 saturated heterocycles. The van der Waals surface area contributed by atoms with Gasteiger partial charge in [0.15, 0.2) is 5.75 Å². The van der Waals surface area contributed by atoms with Crippen molar-refractivity contribution in [3.8, 4) is 28.7 Å². The Balaban J connectivity index is 1.28. The van der Waals surface area contributed by atoms with Gasteiger partial charge in [0, 0.05) is 43.5 Å². The number of fused-ring (bicyclic) bond motifs is 18. The van der Waals surface area contributed by atoms with Crippen molar-refractivity contribution in [2.75, 3.05) is 0 Å². The van der Waals surface area contributed by atoms with Crippen LogP contribution in [0.3, 0.4) is 0 Å². The van der Waals surface area contributed by atoms with Crippen LogP contribution in [0.15, 0.2) is 188 Å². The molecule has 0 saturated carbocycles. The molecule has 0 radical (unpaired) electrons. The maximum absolute atomic E-state index is 7.31. The molecule has 5 heteroatoms. The van der Waals surface area contributed by atoms with Crippen molar-refractivity contribution in [2.24, 2.45) is 0 Å². The smallest absolute Gasteiger partial charge is 0.260 e. The lowest BCUT2D eigenvalue weighted by molar-refractivity contribution is 0.468. The van der Waals surface area contributed by atoms with Crippen LogP contribution in [0.25, 0.3) is 87.1 Å². The third-order valence-corrected chi connectivity index (χ3v) is 13.0. The number of hydrogen-bond donors (Lipinski definition) is 0. The third kappa shape index (κ3) is 4.08. The van der Waals surface area contributed by atoms with Gasteiger partial charge in [0.2, 0.25) is 0 Å². The predicted octanol–water partition coefficient (Wildman–Crippen LogP) is 12.1. The van der Waals surface area contributed by atoms with Gasteiger partial charge in [-0.15, -0.1) is 0 Å². The summed E-state index contributed by atoms with van der Waals surface area (Å²) in [6.07, 6.45) is 0. The standard InChI is InChI=1S/C54H31BN2O2/c1-3-17-35-33(15-1)34-16-2-4-18-36(34)42-31-50-51-54(59-49-28-14-9-23-44(49)55(51)43-22-8-13-27-48(43)58-50)53(42)57-47-26-12-7-21-39(47)41-30-32(29-40(35)52(41)57)56-45-24-10-5-19-37(45)38-20-6-11-25-46(38)56/h1-31H. The molecule has 0 spiro atoms. The first-order valence-corrected chi connectivity index (χ1v) is 20.3. The van der Waals surface area contributed by atoms with Gasteiger partial charge in [0.25, 0.3) is 6.71 Å². The summed E-state index contributed by atoms with van der Waals surface area (Å²) < 4.78 is 19.2. The molecule has 59 heavy (non-hydrogen) atoms. The van der Waals surface area contributed by atoms with Gasteiger partial charge in [-0.05, 0) is 81.0 Å².